The fourth-order valence-electron chi connectivity index (χ4n) is 2.58. The summed E-state index contributed by atoms with van der Waals surface area (Å²) in [7, 11) is 0. The number of carbonyl (C=O) groups is 2. The zero-order chi connectivity index (χ0) is 19.0. The highest BCUT2D eigenvalue weighted by Gasteiger charge is 2.15. The Morgan fingerprint density at radius 1 is 1.27 bits per heavy atom. The standard InChI is InChI=1S/C20H34N2O4/c1-3-12-25-13-5-8-21-10-14-26-19-15-17(2)6-7-18(16-19)20(24)22-9-4-11-23/h11,15-17,21H,3-10,12-14H2,1-2H3,(H,22,24). The third-order valence-corrected chi connectivity index (χ3v) is 4.01. The molecule has 0 heterocycles. The molecule has 0 saturated heterocycles. The number of carbonyl (C=O) groups excluding carboxylic acids is 2. The molecule has 1 aliphatic rings. The number of ether oxygens (including phenoxy) is 2. The van der Waals surface area contributed by atoms with E-state index < -0.39 is 0 Å². The Balaban J connectivity index is 2.31. The first-order valence-corrected chi connectivity index (χ1v) is 9.72. The average molecular weight is 367 g/mol. The van der Waals surface area contributed by atoms with Crippen LogP contribution >= 0.6 is 0 Å². The fourth-order valence-corrected chi connectivity index (χ4v) is 2.58. The van der Waals surface area contributed by atoms with Crippen molar-refractivity contribution in [2.24, 2.45) is 5.92 Å². The maximum atomic E-state index is 12.2. The smallest absolute Gasteiger partial charge is 0.247 e. The number of aldehydes is 1. The van der Waals surface area contributed by atoms with Gasteiger partial charge in [-0.25, -0.2) is 0 Å². The van der Waals surface area contributed by atoms with Crippen LogP contribution in [0.4, 0.5) is 0 Å². The minimum Gasteiger partial charge on any atom is -0.493 e. The van der Waals surface area contributed by atoms with Gasteiger partial charge in [-0.15, -0.1) is 0 Å². The van der Waals surface area contributed by atoms with Crippen LogP contribution in [0.3, 0.4) is 0 Å². The Morgan fingerprint density at radius 3 is 2.88 bits per heavy atom. The van der Waals surface area contributed by atoms with Crippen molar-refractivity contribution in [2.75, 3.05) is 39.5 Å². The summed E-state index contributed by atoms with van der Waals surface area (Å²) in [5.41, 5.74) is 0.715. The van der Waals surface area contributed by atoms with Gasteiger partial charge in [-0.3, -0.25) is 4.79 Å². The van der Waals surface area contributed by atoms with Gasteiger partial charge in [-0.2, -0.15) is 0 Å². The molecule has 1 unspecified atom stereocenters. The van der Waals surface area contributed by atoms with Crippen LogP contribution in [-0.4, -0.2) is 51.6 Å². The molecule has 0 aromatic heterocycles. The highest BCUT2D eigenvalue weighted by atomic mass is 16.5. The van der Waals surface area contributed by atoms with Crippen LogP contribution in [0.5, 0.6) is 0 Å². The van der Waals surface area contributed by atoms with E-state index in [1.807, 2.05) is 6.08 Å². The van der Waals surface area contributed by atoms with E-state index in [0.717, 1.165) is 57.6 Å². The van der Waals surface area contributed by atoms with Gasteiger partial charge in [0.2, 0.25) is 5.91 Å². The van der Waals surface area contributed by atoms with Crippen molar-refractivity contribution in [1.82, 2.24) is 10.6 Å². The molecule has 0 saturated carbocycles. The summed E-state index contributed by atoms with van der Waals surface area (Å²) in [5.74, 6) is 1.01. The second-order valence-corrected chi connectivity index (χ2v) is 6.53. The van der Waals surface area contributed by atoms with Crippen LogP contribution in [0.25, 0.3) is 0 Å². The molecular formula is C20H34N2O4. The first-order valence-electron chi connectivity index (χ1n) is 9.72. The largest absolute Gasteiger partial charge is 0.493 e. The zero-order valence-corrected chi connectivity index (χ0v) is 16.2. The van der Waals surface area contributed by atoms with Crippen LogP contribution in [-0.2, 0) is 19.1 Å². The molecule has 6 heteroatoms. The molecule has 0 radical (unpaired) electrons. The molecule has 1 aliphatic carbocycles. The predicted molar refractivity (Wildman–Crippen MR) is 103 cm³/mol. The molecule has 26 heavy (non-hydrogen) atoms. The van der Waals surface area contributed by atoms with Crippen molar-refractivity contribution >= 4 is 12.2 Å². The van der Waals surface area contributed by atoms with Gasteiger partial charge in [-0.1, -0.05) is 13.8 Å². The van der Waals surface area contributed by atoms with Gasteiger partial charge < -0.3 is 24.9 Å². The van der Waals surface area contributed by atoms with Gasteiger partial charge in [0.25, 0.3) is 0 Å². The van der Waals surface area contributed by atoms with Crippen molar-refractivity contribution in [2.45, 2.75) is 46.0 Å². The monoisotopic (exact) mass is 366 g/mol. The van der Waals surface area contributed by atoms with Gasteiger partial charge in [0.05, 0.1) is 0 Å². The fraction of sp³-hybridized carbons (Fsp3) is 0.700. The molecule has 1 amide bonds. The van der Waals surface area contributed by atoms with Gasteiger partial charge >= 0.3 is 0 Å². The van der Waals surface area contributed by atoms with Crippen molar-refractivity contribution in [1.29, 1.82) is 0 Å². The van der Waals surface area contributed by atoms with Crippen LogP contribution in [0, 0.1) is 5.92 Å². The third kappa shape index (κ3) is 10.4. The summed E-state index contributed by atoms with van der Waals surface area (Å²) in [6, 6.07) is 0. The first kappa shape index (κ1) is 22.4. The topological polar surface area (TPSA) is 76.7 Å². The molecular weight excluding hydrogens is 332 g/mol. The van der Waals surface area contributed by atoms with E-state index in [0.29, 0.717) is 37.5 Å². The lowest BCUT2D eigenvalue weighted by Gasteiger charge is -2.10. The summed E-state index contributed by atoms with van der Waals surface area (Å²) in [5, 5.41) is 6.11. The highest BCUT2D eigenvalue weighted by molar-refractivity contribution is 5.94. The molecule has 148 valence electrons. The van der Waals surface area contributed by atoms with Crippen LogP contribution in [0.2, 0.25) is 0 Å². The van der Waals surface area contributed by atoms with Gasteiger partial charge in [-0.05, 0) is 50.3 Å². The van der Waals surface area contributed by atoms with E-state index >= 15 is 0 Å². The quantitative estimate of drug-likeness (QED) is 0.365. The Morgan fingerprint density at radius 2 is 2.12 bits per heavy atom. The number of hydrogen-bond acceptors (Lipinski definition) is 5. The summed E-state index contributed by atoms with van der Waals surface area (Å²) < 4.78 is 11.3. The molecule has 0 aliphatic heterocycles. The van der Waals surface area contributed by atoms with Gasteiger partial charge in [0.15, 0.2) is 0 Å². The molecule has 0 spiro atoms. The Labute approximate surface area is 157 Å². The van der Waals surface area contributed by atoms with E-state index in [4.69, 9.17) is 9.47 Å². The van der Waals surface area contributed by atoms with Crippen LogP contribution < -0.4 is 10.6 Å². The van der Waals surface area contributed by atoms with Crippen LogP contribution in [0.1, 0.15) is 46.0 Å². The third-order valence-electron chi connectivity index (χ3n) is 4.01. The SMILES string of the molecule is CCCOCCCNCCOC1=CC(C)CCC(C(=O)NCCC=O)=C1. The lowest BCUT2D eigenvalue weighted by Crippen LogP contribution is -2.26. The van der Waals surface area contributed by atoms with E-state index in [1.54, 1.807) is 0 Å². The van der Waals surface area contributed by atoms with Crippen molar-refractivity contribution in [3.8, 4) is 0 Å². The average Bonchev–Trinajstić information content (AvgIpc) is 2.82. The zero-order valence-electron chi connectivity index (χ0n) is 16.2. The molecule has 1 rings (SSSR count). The molecule has 0 aromatic rings. The van der Waals surface area contributed by atoms with Crippen molar-refractivity contribution in [3.05, 3.63) is 23.5 Å². The lowest BCUT2D eigenvalue weighted by atomic mass is 10.0. The van der Waals surface area contributed by atoms with Crippen LogP contribution in [0.15, 0.2) is 23.5 Å². The minimum absolute atomic E-state index is 0.111. The van der Waals surface area contributed by atoms with Crippen molar-refractivity contribution < 1.29 is 19.1 Å². The van der Waals surface area contributed by atoms with Gasteiger partial charge in [0, 0.05) is 38.3 Å². The summed E-state index contributed by atoms with van der Waals surface area (Å²) in [6.45, 7) is 8.44. The Kier molecular flexibility index (Phi) is 12.5. The maximum Gasteiger partial charge on any atom is 0.247 e. The number of nitrogens with one attached hydrogen (secondary N) is 2. The number of hydrogen-bond donors (Lipinski definition) is 2. The first-order chi connectivity index (χ1) is 12.7. The molecule has 2 N–H and O–H groups in total. The summed E-state index contributed by atoms with van der Waals surface area (Å²) >= 11 is 0. The molecule has 0 fully saturated rings. The molecule has 0 bridgehead atoms. The molecule has 6 nitrogen and oxygen atoms in total. The number of amides is 1. The predicted octanol–water partition coefficient (Wildman–Crippen LogP) is 2.35. The second-order valence-electron chi connectivity index (χ2n) is 6.53. The Bertz CT molecular complexity index is 474. The molecule has 0 aromatic carbocycles. The minimum atomic E-state index is -0.111. The van der Waals surface area contributed by atoms with Crippen molar-refractivity contribution in [3.63, 3.8) is 0 Å². The summed E-state index contributed by atoms with van der Waals surface area (Å²) in [6.07, 6.45) is 8.72. The highest BCUT2D eigenvalue weighted by Crippen LogP contribution is 2.22. The van der Waals surface area contributed by atoms with Gasteiger partial charge in [0.1, 0.15) is 18.7 Å². The number of rotatable bonds is 14. The molecule has 1 atom stereocenters. The normalized spacial score (nSPS) is 17.1. The van der Waals surface area contributed by atoms with E-state index in [1.165, 1.54) is 0 Å². The number of allylic oxidation sites excluding steroid dienone is 2. The van der Waals surface area contributed by atoms with E-state index in [-0.39, 0.29) is 5.91 Å². The van der Waals surface area contributed by atoms with E-state index in [9.17, 15) is 9.59 Å². The van der Waals surface area contributed by atoms with E-state index in [2.05, 4.69) is 30.6 Å². The Hall–Kier alpha value is -1.66. The second kappa shape index (κ2) is 14.5. The summed E-state index contributed by atoms with van der Waals surface area (Å²) in [4.78, 5) is 22.6. The lowest BCUT2D eigenvalue weighted by molar-refractivity contribution is -0.117. The maximum absolute atomic E-state index is 12.2.